The number of H-pyrrole nitrogens is 1. The summed E-state index contributed by atoms with van der Waals surface area (Å²) in [6, 6.07) is 25.1. The number of hydrogen-bond donors (Lipinski definition) is 3. The summed E-state index contributed by atoms with van der Waals surface area (Å²) in [6.45, 7) is 2.31. The largest absolute Gasteiger partial charge is 0.508 e. The molecule has 1 amide bonds. The third kappa shape index (κ3) is 4.11. The maximum Gasteiger partial charge on any atom is 0.262 e. The number of phenolic OH excluding ortho intramolecular Hbond substituents is 1. The average molecular weight is 482 g/mol. The van der Waals surface area contributed by atoms with Gasteiger partial charge in [0.15, 0.2) is 4.77 Å². The number of benzene rings is 4. The lowest BCUT2D eigenvalue weighted by molar-refractivity contribution is 0.0943. The minimum Gasteiger partial charge on any atom is -0.508 e. The third-order valence-electron chi connectivity index (χ3n) is 6.20. The minimum atomic E-state index is -0.600. The number of fused-ring (bicyclic) bond motifs is 2. The first-order chi connectivity index (χ1) is 17.0. The van der Waals surface area contributed by atoms with Gasteiger partial charge in [0, 0.05) is 17.7 Å². The Kier molecular flexibility index (Phi) is 5.93. The van der Waals surface area contributed by atoms with E-state index < -0.39 is 6.04 Å². The van der Waals surface area contributed by atoms with Crippen molar-refractivity contribution in [3.05, 3.63) is 117 Å². The zero-order valence-electron chi connectivity index (χ0n) is 19.0. The summed E-state index contributed by atoms with van der Waals surface area (Å²) in [4.78, 5) is 29.2. The monoisotopic (exact) mass is 481 g/mol. The van der Waals surface area contributed by atoms with Crippen LogP contribution in [0.3, 0.4) is 0 Å². The molecule has 0 saturated carbocycles. The maximum atomic E-state index is 13.5. The van der Waals surface area contributed by atoms with Gasteiger partial charge in [0.2, 0.25) is 0 Å². The molecule has 0 fully saturated rings. The number of phenols is 1. The zero-order valence-corrected chi connectivity index (χ0v) is 19.8. The van der Waals surface area contributed by atoms with Crippen molar-refractivity contribution in [2.24, 2.45) is 0 Å². The molecule has 0 bridgehead atoms. The molecule has 7 heteroatoms. The first kappa shape index (κ1) is 22.6. The van der Waals surface area contributed by atoms with E-state index in [1.165, 1.54) is 4.57 Å². The molecule has 1 unspecified atom stereocenters. The van der Waals surface area contributed by atoms with Gasteiger partial charge in [0.25, 0.3) is 11.5 Å². The summed E-state index contributed by atoms with van der Waals surface area (Å²) >= 11 is 5.31. The molecule has 0 radical (unpaired) electrons. The summed E-state index contributed by atoms with van der Waals surface area (Å²) in [5, 5.41) is 16.2. The molecule has 5 rings (SSSR count). The van der Waals surface area contributed by atoms with E-state index in [0.717, 1.165) is 16.3 Å². The number of nitrogens with zero attached hydrogens (tertiary/aromatic N) is 1. The highest BCUT2D eigenvalue weighted by Gasteiger charge is 2.23. The Balaban J connectivity index is 1.61. The van der Waals surface area contributed by atoms with Crippen LogP contribution in [-0.2, 0) is 6.54 Å². The van der Waals surface area contributed by atoms with Crippen LogP contribution in [0, 0.1) is 4.77 Å². The van der Waals surface area contributed by atoms with Crippen molar-refractivity contribution in [1.82, 2.24) is 14.9 Å². The lowest BCUT2D eigenvalue weighted by Crippen LogP contribution is -2.29. The SMILES string of the molecule is CCn1c(=S)[nH]c2cc(C(=O)NC(c3ccccc3)c3c(O)ccc4ccccc34)ccc2c1=O. The molecule has 5 aromatic rings. The number of carbonyl (C=O) groups excluding carboxylic acids is 1. The van der Waals surface area contributed by atoms with E-state index in [4.69, 9.17) is 12.2 Å². The summed E-state index contributed by atoms with van der Waals surface area (Å²) < 4.78 is 1.79. The predicted octanol–water partition coefficient (Wildman–Crippen LogP) is 5.46. The maximum absolute atomic E-state index is 13.5. The molecule has 3 N–H and O–H groups in total. The molecule has 0 aliphatic rings. The quantitative estimate of drug-likeness (QED) is 0.291. The van der Waals surface area contributed by atoms with Crippen LogP contribution >= 0.6 is 12.2 Å². The van der Waals surface area contributed by atoms with Crippen LogP contribution in [0.5, 0.6) is 5.75 Å². The van der Waals surface area contributed by atoms with E-state index in [2.05, 4.69) is 10.3 Å². The number of aromatic nitrogens is 2. The summed E-state index contributed by atoms with van der Waals surface area (Å²) in [5.74, 6) is -0.243. The standard InChI is InChI=1S/C28H23N3O3S/c1-2-31-27(34)21-14-12-19(16-22(21)29-28(31)35)26(33)30-25(18-9-4-3-5-10-18)24-20-11-7-6-8-17(20)13-15-23(24)32/h3-16,25,32H,2H2,1H3,(H,29,35)(H,30,33). The molecule has 4 aromatic carbocycles. The molecule has 0 spiro atoms. The summed E-state index contributed by atoms with van der Waals surface area (Å²) in [6.07, 6.45) is 0. The molecule has 1 atom stereocenters. The number of rotatable bonds is 5. The number of nitrogens with one attached hydrogen (secondary N) is 2. The number of amides is 1. The van der Waals surface area contributed by atoms with E-state index in [-0.39, 0.29) is 17.2 Å². The van der Waals surface area contributed by atoms with E-state index in [0.29, 0.717) is 33.3 Å². The molecule has 174 valence electrons. The molecule has 0 aliphatic carbocycles. The fourth-order valence-electron chi connectivity index (χ4n) is 4.45. The van der Waals surface area contributed by atoms with Crippen molar-refractivity contribution in [2.45, 2.75) is 19.5 Å². The van der Waals surface area contributed by atoms with Crippen LogP contribution < -0.4 is 10.9 Å². The zero-order chi connectivity index (χ0) is 24.5. The van der Waals surface area contributed by atoms with Gasteiger partial charge in [-0.2, -0.15) is 0 Å². The molecule has 35 heavy (non-hydrogen) atoms. The van der Waals surface area contributed by atoms with Gasteiger partial charge >= 0.3 is 0 Å². The van der Waals surface area contributed by atoms with Gasteiger partial charge in [0.05, 0.1) is 16.9 Å². The highest BCUT2D eigenvalue weighted by Crippen LogP contribution is 2.36. The highest BCUT2D eigenvalue weighted by molar-refractivity contribution is 7.71. The van der Waals surface area contributed by atoms with Crippen LogP contribution in [0.4, 0.5) is 0 Å². The first-order valence-electron chi connectivity index (χ1n) is 11.3. The molecule has 0 saturated heterocycles. The van der Waals surface area contributed by atoms with Crippen molar-refractivity contribution in [1.29, 1.82) is 0 Å². The summed E-state index contributed by atoms with van der Waals surface area (Å²) in [7, 11) is 0. The van der Waals surface area contributed by atoms with Crippen molar-refractivity contribution in [3.8, 4) is 5.75 Å². The number of hydrogen-bond acceptors (Lipinski definition) is 4. The predicted molar refractivity (Wildman–Crippen MR) is 140 cm³/mol. The second-order valence-electron chi connectivity index (χ2n) is 8.28. The van der Waals surface area contributed by atoms with Crippen molar-refractivity contribution in [3.63, 3.8) is 0 Å². The second kappa shape index (κ2) is 9.19. The lowest BCUT2D eigenvalue weighted by atomic mass is 9.92. The highest BCUT2D eigenvalue weighted by atomic mass is 32.1. The first-order valence-corrected chi connectivity index (χ1v) is 11.7. The molecular formula is C28H23N3O3S. The smallest absolute Gasteiger partial charge is 0.262 e. The van der Waals surface area contributed by atoms with Crippen LogP contribution in [-0.4, -0.2) is 20.6 Å². The summed E-state index contributed by atoms with van der Waals surface area (Å²) in [5.41, 5.74) is 2.13. The van der Waals surface area contributed by atoms with Gasteiger partial charge in [-0.05, 0) is 59.7 Å². The lowest BCUT2D eigenvalue weighted by Gasteiger charge is -2.23. The van der Waals surface area contributed by atoms with Crippen molar-refractivity contribution < 1.29 is 9.90 Å². The fourth-order valence-corrected chi connectivity index (χ4v) is 4.77. The van der Waals surface area contributed by atoms with Crippen LogP contribution in [0.2, 0.25) is 0 Å². The van der Waals surface area contributed by atoms with Crippen LogP contribution in [0.15, 0.2) is 89.7 Å². The van der Waals surface area contributed by atoms with Crippen LogP contribution in [0.25, 0.3) is 21.7 Å². The Morgan fingerprint density at radius 1 is 1.00 bits per heavy atom. The Labute approximate surface area is 206 Å². The number of aromatic hydroxyl groups is 1. The topological polar surface area (TPSA) is 87.1 Å². The molecular weight excluding hydrogens is 458 g/mol. The van der Waals surface area contributed by atoms with E-state index in [1.54, 1.807) is 24.3 Å². The van der Waals surface area contributed by atoms with Crippen molar-refractivity contribution in [2.75, 3.05) is 0 Å². The van der Waals surface area contributed by atoms with E-state index >= 15 is 0 Å². The van der Waals surface area contributed by atoms with E-state index in [1.807, 2.05) is 67.6 Å². The Bertz CT molecular complexity index is 1690. The normalized spacial score (nSPS) is 12.0. The van der Waals surface area contributed by atoms with Gasteiger partial charge in [-0.1, -0.05) is 60.7 Å². The van der Waals surface area contributed by atoms with Gasteiger partial charge in [-0.15, -0.1) is 0 Å². The third-order valence-corrected chi connectivity index (χ3v) is 6.53. The van der Waals surface area contributed by atoms with Gasteiger partial charge < -0.3 is 15.4 Å². The molecule has 1 aromatic heterocycles. The molecule has 0 aliphatic heterocycles. The van der Waals surface area contributed by atoms with E-state index in [9.17, 15) is 14.7 Å². The minimum absolute atomic E-state index is 0.0977. The Morgan fingerprint density at radius 3 is 2.51 bits per heavy atom. The fraction of sp³-hybridized carbons (Fsp3) is 0.107. The average Bonchev–Trinajstić information content (AvgIpc) is 2.88. The molecule has 6 nitrogen and oxygen atoms in total. The van der Waals surface area contributed by atoms with Gasteiger partial charge in [-0.3, -0.25) is 14.2 Å². The Hall–Kier alpha value is -4.23. The van der Waals surface area contributed by atoms with Gasteiger partial charge in [-0.25, -0.2) is 0 Å². The van der Waals surface area contributed by atoms with Crippen LogP contribution in [0.1, 0.15) is 34.5 Å². The van der Waals surface area contributed by atoms with Gasteiger partial charge in [0.1, 0.15) is 5.75 Å². The molecule has 1 heterocycles. The Morgan fingerprint density at radius 2 is 1.74 bits per heavy atom. The number of carbonyl (C=O) groups is 1. The second-order valence-corrected chi connectivity index (χ2v) is 8.66. The van der Waals surface area contributed by atoms with Crippen molar-refractivity contribution >= 4 is 39.8 Å². The number of aromatic amines is 1.